The molecule has 2 nitrogen and oxygen atoms in total. The zero-order valence-corrected chi connectivity index (χ0v) is 13.6. The molecule has 1 N–H and O–H groups in total. The van der Waals surface area contributed by atoms with E-state index in [9.17, 15) is 0 Å². The van der Waals surface area contributed by atoms with Gasteiger partial charge in [0.15, 0.2) is 0 Å². The summed E-state index contributed by atoms with van der Waals surface area (Å²) in [4.78, 5) is 2.85. The lowest BCUT2D eigenvalue weighted by Crippen LogP contribution is -2.61. The molecule has 1 aliphatic heterocycles. The van der Waals surface area contributed by atoms with E-state index in [-0.39, 0.29) is 0 Å². The predicted octanol–water partition coefficient (Wildman–Crippen LogP) is 3.81. The van der Waals surface area contributed by atoms with Gasteiger partial charge in [-0.1, -0.05) is 32.1 Å². The molecular formula is C18H34N2. The summed E-state index contributed by atoms with van der Waals surface area (Å²) in [6.45, 7) is 7.45. The van der Waals surface area contributed by atoms with Crippen molar-refractivity contribution in [3.63, 3.8) is 0 Å². The minimum absolute atomic E-state index is 0.727. The van der Waals surface area contributed by atoms with E-state index < -0.39 is 0 Å². The van der Waals surface area contributed by atoms with Crippen LogP contribution >= 0.6 is 0 Å². The summed E-state index contributed by atoms with van der Waals surface area (Å²) in [5, 5.41) is 3.87. The molecule has 0 bridgehead atoms. The van der Waals surface area contributed by atoms with Gasteiger partial charge in [-0.25, -0.2) is 0 Å². The van der Waals surface area contributed by atoms with Gasteiger partial charge >= 0.3 is 0 Å². The molecule has 3 aliphatic rings. The van der Waals surface area contributed by atoms with Gasteiger partial charge in [0.05, 0.1) is 0 Å². The molecule has 0 spiro atoms. The van der Waals surface area contributed by atoms with Gasteiger partial charge in [-0.15, -0.1) is 0 Å². The molecule has 0 radical (unpaired) electrons. The quantitative estimate of drug-likeness (QED) is 0.844. The van der Waals surface area contributed by atoms with E-state index in [0.717, 1.165) is 30.0 Å². The summed E-state index contributed by atoms with van der Waals surface area (Å²) in [6, 6.07) is 2.31. The van der Waals surface area contributed by atoms with Gasteiger partial charge in [0.2, 0.25) is 0 Å². The summed E-state index contributed by atoms with van der Waals surface area (Å²) in [5.74, 6) is 1.93. The van der Waals surface area contributed by atoms with E-state index in [4.69, 9.17) is 0 Å². The van der Waals surface area contributed by atoms with Crippen molar-refractivity contribution >= 4 is 0 Å². The number of nitrogens with zero attached hydrogens (tertiary/aromatic N) is 1. The van der Waals surface area contributed by atoms with Crippen LogP contribution in [-0.2, 0) is 0 Å². The largest absolute Gasteiger partial charge is 0.311 e. The fraction of sp³-hybridized carbons (Fsp3) is 1.00. The van der Waals surface area contributed by atoms with Crippen molar-refractivity contribution in [2.45, 2.75) is 89.8 Å². The maximum absolute atomic E-state index is 3.87. The number of hydrogen-bond acceptors (Lipinski definition) is 2. The van der Waals surface area contributed by atoms with Crippen molar-refractivity contribution in [3.8, 4) is 0 Å². The van der Waals surface area contributed by atoms with Crippen molar-refractivity contribution in [1.29, 1.82) is 0 Å². The Kier molecular flexibility index (Phi) is 5.04. The Labute approximate surface area is 125 Å². The van der Waals surface area contributed by atoms with Crippen molar-refractivity contribution in [1.82, 2.24) is 10.2 Å². The van der Waals surface area contributed by atoms with Gasteiger partial charge in [-0.2, -0.15) is 0 Å². The molecule has 1 heterocycles. The third kappa shape index (κ3) is 3.22. The van der Waals surface area contributed by atoms with Gasteiger partial charge in [0.1, 0.15) is 0 Å². The molecule has 3 fully saturated rings. The van der Waals surface area contributed by atoms with E-state index in [2.05, 4.69) is 24.1 Å². The summed E-state index contributed by atoms with van der Waals surface area (Å²) < 4.78 is 0. The van der Waals surface area contributed by atoms with Crippen molar-refractivity contribution < 1.29 is 0 Å². The fourth-order valence-corrected chi connectivity index (χ4v) is 5.04. The topological polar surface area (TPSA) is 15.3 Å². The number of hydrogen-bond donors (Lipinski definition) is 1. The predicted molar refractivity (Wildman–Crippen MR) is 86.0 cm³/mol. The molecular weight excluding hydrogens is 244 g/mol. The van der Waals surface area contributed by atoms with E-state index >= 15 is 0 Å². The normalized spacial score (nSPS) is 36.3. The third-order valence-corrected chi connectivity index (χ3v) is 6.47. The molecule has 2 saturated carbocycles. The number of piperazine rings is 1. The molecule has 0 amide bonds. The molecule has 2 heteroatoms. The molecule has 116 valence electrons. The van der Waals surface area contributed by atoms with Gasteiger partial charge in [-0.05, 0) is 51.4 Å². The van der Waals surface area contributed by atoms with Crippen LogP contribution in [-0.4, -0.2) is 36.1 Å². The van der Waals surface area contributed by atoms with Crippen LogP contribution in [0.4, 0.5) is 0 Å². The molecule has 0 aromatic rings. The monoisotopic (exact) mass is 278 g/mol. The minimum atomic E-state index is 0.727. The smallest absolute Gasteiger partial charge is 0.0224 e. The SMILES string of the molecule is CC1CNC(C2CCCCC2)CN1C(C)C1CCCC1. The van der Waals surface area contributed by atoms with Crippen LogP contribution in [0.5, 0.6) is 0 Å². The molecule has 2 aliphatic carbocycles. The first-order valence-corrected chi connectivity index (χ1v) is 9.25. The number of rotatable bonds is 3. The highest BCUT2D eigenvalue weighted by Crippen LogP contribution is 2.33. The Hall–Kier alpha value is -0.0800. The Bertz CT molecular complexity index is 292. The summed E-state index contributed by atoms with van der Waals surface area (Å²) >= 11 is 0. The van der Waals surface area contributed by atoms with Gasteiger partial charge in [0.25, 0.3) is 0 Å². The summed E-state index contributed by atoms with van der Waals surface area (Å²) in [7, 11) is 0. The average Bonchev–Trinajstić information content (AvgIpc) is 3.02. The summed E-state index contributed by atoms with van der Waals surface area (Å²) in [6.07, 6.45) is 13.3. The average molecular weight is 278 g/mol. The zero-order valence-electron chi connectivity index (χ0n) is 13.6. The Morgan fingerprint density at radius 3 is 2.30 bits per heavy atom. The van der Waals surface area contributed by atoms with Crippen molar-refractivity contribution in [2.24, 2.45) is 11.8 Å². The molecule has 3 rings (SSSR count). The highest BCUT2D eigenvalue weighted by molar-refractivity contribution is 4.93. The standard InChI is InChI=1S/C18H34N2/c1-14-12-19-18(17-10-4-3-5-11-17)13-20(14)15(2)16-8-6-7-9-16/h14-19H,3-13H2,1-2H3. The maximum Gasteiger partial charge on any atom is 0.0224 e. The molecule has 1 saturated heterocycles. The van der Waals surface area contributed by atoms with Gasteiger partial charge < -0.3 is 5.32 Å². The first-order chi connectivity index (χ1) is 9.75. The van der Waals surface area contributed by atoms with Crippen LogP contribution < -0.4 is 5.32 Å². The highest BCUT2D eigenvalue weighted by Gasteiger charge is 2.35. The van der Waals surface area contributed by atoms with Crippen LogP contribution in [0.3, 0.4) is 0 Å². The zero-order chi connectivity index (χ0) is 13.9. The molecule has 0 aromatic heterocycles. The second-order valence-electron chi connectivity index (χ2n) is 7.74. The van der Waals surface area contributed by atoms with Crippen LogP contribution in [0.1, 0.15) is 71.6 Å². The Morgan fingerprint density at radius 1 is 0.950 bits per heavy atom. The van der Waals surface area contributed by atoms with Crippen LogP contribution in [0.2, 0.25) is 0 Å². The molecule has 3 atom stereocenters. The third-order valence-electron chi connectivity index (χ3n) is 6.47. The summed E-state index contributed by atoms with van der Waals surface area (Å²) in [5.41, 5.74) is 0. The van der Waals surface area contributed by atoms with E-state index in [1.54, 1.807) is 0 Å². The lowest BCUT2D eigenvalue weighted by molar-refractivity contribution is 0.0489. The lowest BCUT2D eigenvalue weighted by Gasteiger charge is -2.46. The molecule has 20 heavy (non-hydrogen) atoms. The van der Waals surface area contributed by atoms with Crippen molar-refractivity contribution in [3.05, 3.63) is 0 Å². The maximum atomic E-state index is 3.87. The Balaban J connectivity index is 1.60. The van der Waals surface area contributed by atoms with E-state index in [1.165, 1.54) is 70.9 Å². The lowest BCUT2D eigenvalue weighted by atomic mass is 9.82. The fourth-order valence-electron chi connectivity index (χ4n) is 5.04. The van der Waals surface area contributed by atoms with Crippen LogP contribution in [0.15, 0.2) is 0 Å². The minimum Gasteiger partial charge on any atom is -0.311 e. The second kappa shape index (κ2) is 6.79. The van der Waals surface area contributed by atoms with Crippen molar-refractivity contribution in [2.75, 3.05) is 13.1 Å². The van der Waals surface area contributed by atoms with E-state index in [1.807, 2.05) is 0 Å². The van der Waals surface area contributed by atoms with E-state index in [0.29, 0.717) is 0 Å². The molecule has 0 aromatic carbocycles. The highest BCUT2D eigenvalue weighted by atomic mass is 15.3. The first kappa shape index (κ1) is 14.8. The Morgan fingerprint density at radius 2 is 1.60 bits per heavy atom. The van der Waals surface area contributed by atoms with Gasteiger partial charge in [-0.3, -0.25) is 4.90 Å². The molecule has 3 unspecified atom stereocenters. The first-order valence-electron chi connectivity index (χ1n) is 9.25. The number of nitrogens with one attached hydrogen (secondary N) is 1. The van der Waals surface area contributed by atoms with Crippen LogP contribution in [0, 0.1) is 11.8 Å². The second-order valence-corrected chi connectivity index (χ2v) is 7.74. The van der Waals surface area contributed by atoms with Gasteiger partial charge in [0, 0.05) is 31.2 Å². The van der Waals surface area contributed by atoms with Crippen LogP contribution in [0.25, 0.3) is 0 Å².